The van der Waals surface area contributed by atoms with Crippen LogP contribution in [0.3, 0.4) is 0 Å². The first-order valence-electron chi connectivity index (χ1n) is 9.43. The molecule has 0 radical (unpaired) electrons. The fourth-order valence-corrected chi connectivity index (χ4v) is 3.52. The largest absolute Gasteiger partial charge is 0.496 e. The molecule has 0 aromatic carbocycles. The van der Waals surface area contributed by atoms with Crippen molar-refractivity contribution in [1.82, 2.24) is 15.0 Å². The van der Waals surface area contributed by atoms with Crippen molar-refractivity contribution < 1.29 is 18.3 Å². The van der Waals surface area contributed by atoms with Gasteiger partial charge in [0.1, 0.15) is 29.4 Å². The molecule has 6 nitrogen and oxygen atoms in total. The summed E-state index contributed by atoms with van der Waals surface area (Å²) in [6.45, 7) is 6.07. The number of nitrogens with zero attached hydrogens (tertiary/aromatic N) is 2. The third kappa shape index (κ3) is 4.64. The summed E-state index contributed by atoms with van der Waals surface area (Å²) in [6, 6.07) is 4.87. The van der Waals surface area contributed by atoms with Gasteiger partial charge in [0.2, 0.25) is 0 Å². The van der Waals surface area contributed by atoms with E-state index in [1.54, 1.807) is 31.6 Å². The molecule has 0 fully saturated rings. The second-order valence-corrected chi connectivity index (χ2v) is 7.86. The lowest BCUT2D eigenvalue weighted by Gasteiger charge is -2.27. The first-order chi connectivity index (χ1) is 13.7. The Morgan fingerprint density at radius 1 is 1.21 bits per heavy atom. The zero-order valence-electron chi connectivity index (χ0n) is 17.0. The first-order valence-corrected chi connectivity index (χ1v) is 9.43. The van der Waals surface area contributed by atoms with Gasteiger partial charge in [-0.05, 0) is 37.5 Å². The highest BCUT2D eigenvalue weighted by Crippen LogP contribution is 2.36. The highest BCUT2D eigenvalue weighted by molar-refractivity contribution is 5.97. The summed E-state index contributed by atoms with van der Waals surface area (Å²) in [4.78, 5) is 11.4. The molecule has 0 bridgehead atoms. The summed E-state index contributed by atoms with van der Waals surface area (Å²) in [5.41, 5.74) is 6.79. The maximum absolute atomic E-state index is 13.7. The van der Waals surface area contributed by atoms with E-state index in [9.17, 15) is 8.78 Å². The number of aromatic nitrogens is 3. The van der Waals surface area contributed by atoms with E-state index in [-0.39, 0.29) is 12.4 Å². The summed E-state index contributed by atoms with van der Waals surface area (Å²) in [7, 11) is 1.54. The number of methoxy groups -OCH3 is 1. The zero-order valence-corrected chi connectivity index (χ0v) is 17.0. The second-order valence-electron chi connectivity index (χ2n) is 7.86. The van der Waals surface area contributed by atoms with Gasteiger partial charge in [0, 0.05) is 23.5 Å². The highest BCUT2D eigenvalue weighted by atomic mass is 19.3. The average molecular weight is 404 g/mol. The summed E-state index contributed by atoms with van der Waals surface area (Å²) in [5.74, 6) is 0.989. The van der Waals surface area contributed by atoms with Crippen LogP contribution >= 0.6 is 0 Å². The molecule has 29 heavy (non-hydrogen) atoms. The van der Waals surface area contributed by atoms with E-state index < -0.39 is 17.7 Å². The number of hydrogen-bond donors (Lipinski definition) is 2. The van der Waals surface area contributed by atoms with Crippen LogP contribution in [0.4, 0.5) is 8.78 Å². The van der Waals surface area contributed by atoms with Gasteiger partial charge in [-0.25, -0.2) is 18.7 Å². The Hall–Kier alpha value is -2.74. The standard InChI is InChI=1S/C21H26F2N4O2/c1-12(2)9-21(3,24)11-29-16-6-5-14(27-18(16)19(22)23)13-10-26-20-17(13)15(28-4)7-8-25-20/h5-8,10,12,19H,9,11,24H2,1-4H3,(H,25,26)/t21-/m0/s1. The topological polar surface area (TPSA) is 86.0 Å². The van der Waals surface area contributed by atoms with Crippen LogP contribution < -0.4 is 15.2 Å². The minimum Gasteiger partial charge on any atom is -0.496 e. The summed E-state index contributed by atoms with van der Waals surface area (Å²) < 4.78 is 38.5. The average Bonchev–Trinajstić information content (AvgIpc) is 3.09. The summed E-state index contributed by atoms with van der Waals surface area (Å²) >= 11 is 0. The van der Waals surface area contributed by atoms with Crippen molar-refractivity contribution >= 4 is 11.0 Å². The third-order valence-electron chi connectivity index (χ3n) is 4.56. The van der Waals surface area contributed by atoms with Crippen molar-refractivity contribution in [3.05, 3.63) is 36.3 Å². The number of ether oxygens (including phenoxy) is 2. The van der Waals surface area contributed by atoms with Crippen molar-refractivity contribution in [2.75, 3.05) is 13.7 Å². The number of fused-ring (bicyclic) bond motifs is 1. The lowest BCUT2D eigenvalue weighted by Crippen LogP contribution is -2.43. The highest BCUT2D eigenvalue weighted by Gasteiger charge is 2.24. The quantitative estimate of drug-likeness (QED) is 0.568. The number of H-pyrrole nitrogens is 1. The molecule has 0 unspecified atom stereocenters. The molecular formula is C21H26F2N4O2. The van der Waals surface area contributed by atoms with Gasteiger partial charge in [0.25, 0.3) is 6.43 Å². The Bertz CT molecular complexity index is 986. The fourth-order valence-electron chi connectivity index (χ4n) is 3.52. The van der Waals surface area contributed by atoms with Crippen molar-refractivity contribution in [1.29, 1.82) is 0 Å². The van der Waals surface area contributed by atoms with E-state index in [1.807, 2.05) is 6.92 Å². The molecule has 0 saturated heterocycles. The molecule has 3 rings (SSSR count). The van der Waals surface area contributed by atoms with Gasteiger partial charge in [-0.3, -0.25) is 0 Å². The molecule has 0 aliphatic carbocycles. The fraction of sp³-hybridized carbons (Fsp3) is 0.429. The molecule has 1 atom stereocenters. The Morgan fingerprint density at radius 2 is 1.97 bits per heavy atom. The van der Waals surface area contributed by atoms with E-state index >= 15 is 0 Å². The lowest BCUT2D eigenvalue weighted by atomic mass is 9.93. The number of aromatic amines is 1. The normalized spacial score (nSPS) is 13.8. The molecular weight excluding hydrogens is 378 g/mol. The van der Waals surface area contributed by atoms with Crippen molar-refractivity contribution in [3.63, 3.8) is 0 Å². The van der Waals surface area contributed by atoms with Crippen molar-refractivity contribution in [2.24, 2.45) is 11.7 Å². The molecule has 0 saturated carbocycles. The van der Waals surface area contributed by atoms with Crippen LogP contribution in [0.1, 0.15) is 39.3 Å². The second kappa shape index (κ2) is 8.32. The Balaban J connectivity index is 1.95. The molecule has 0 amide bonds. The van der Waals surface area contributed by atoms with Crippen LogP contribution in [0, 0.1) is 5.92 Å². The predicted molar refractivity (Wildman–Crippen MR) is 108 cm³/mol. The predicted octanol–water partition coefficient (Wildman–Crippen LogP) is 4.71. The van der Waals surface area contributed by atoms with Crippen molar-refractivity contribution in [3.8, 4) is 22.8 Å². The summed E-state index contributed by atoms with van der Waals surface area (Å²) in [5, 5.41) is 0.683. The Kier molecular flexibility index (Phi) is 6.02. The Labute approximate surface area is 168 Å². The van der Waals surface area contributed by atoms with E-state index in [0.29, 0.717) is 40.4 Å². The molecule has 3 N–H and O–H groups in total. The smallest absolute Gasteiger partial charge is 0.284 e. The van der Waals surface area contributed by atoms with Gasteiger partial charge in [-0.15, -0.1) is 0 Å². The van der Waals surface area contributed by atoms with E-state index in [2.05, 4.69) is 28.8 Å². The molecule has 0 spiro atoms. The van der Waals surface area contributed by atoms with Gasteiger partial charge < -0.3 is 20.2 Å². The lowest BCUT2D eigenvalue weighted by molar-refractivity contribution is 0.134. The number of nitrogens with one attached hydrogen (secondary N) is 1. The molecule has 3 aromatic rings. The number of hydrogen-bond acceptors (Lipinski definition) is 5. The van der Waals surface area contributed by atoms with Crippen LogP contribution in [-0.2, 0) is 0 Å². The van der Waals surface area contributed by atoms with Crippen LogP contribution in [0.15, 0.2) is 30.6 Å². The molecule has 0 aliphatic heterocycles. The Morgan fingerprint density at radius 3 is 2.62 bits per heavy atom. The molecule has 3 aromatic heterocycles. The van der Waals surface area contributed by atoms with Crippen LogP contribution in [0.2, 0.25) is 0 Å². The van der Waals surface area contributed by atoms with Gasteiger partial charge in [-0.2, -0.15) is 0 Å². The van der Waals surface area contributed by atoms with Crippen LogP contribution in [0.5, 0.6) is 11.5 Å². The SMILES string of the molecule is COc1ccnc2[nH]cc(-c3ccc(OC[C@@](C)(N)CC(C)C)c(C(F)F)n3)c12. The van der Waals surface area contributed by atoms with Gasteiger partial charge >= 0.3 is 0 Å². The van der Waals surface area contributed by atoms with E-state index in [0.717, 1.165) is 0 Å². The van der Waals surface area contributed by atoms with E-state index in [4.69, 9.17) is 15.2 Å². The zero-order chi connectivity index (χ0) is 21.2. The number of halogens is 2. The number of alkyl halides is 2. The first kappa shape index (κ1) is 21.0. The molecule has 3 heterocycles. The summed E-state index contributed by atoms with van der Waals surface area (Å²) in [6.07, 6.45) is 1.21. The van der Waals surface area contributed by atoms with Crippen LogP contribution in [0.25, 0.3) is 22.3 Å². The molecule has 8 heteroatoms. The van der Waals surface area contributed by atoms with E-state index in [1.165, 1.54) is 6.07 Å². The van der Waals surface area contributed by atoms with Gasteiger partial charge in [0.15, 0.2) is 0 Å². The minimum atomic E-state index is -2.79. The monoisotopic (exact) mass is 404 g/mol. The van der Waals surface area contributed by atoms with Crippen molar-refractivity contribution in [2.45, 2.75) is 39.2 Å². The minimum absolute atomic E-state index is 0.0362. The van der Waals surface area contributed by atoms with Crippen LogP contribution in [-0.4, -0.2) is 34.2 Å². The van der Waals surface area contributed by atoms with Gasteiger partial charge in [-0.1, -0.05) is 13.8 Å². The maximum atomic E-state index is 13.7. The third-order valence-corrected chi connectivity index (χ3v) is 4.56. The molecule has 156 valence electrons. The maximum Gasteiger partial charge on any atom is 0.284 e. The number of pyridine rings is 2. The molecule has 0 aliphatic rings. The number of rotatable bonds is 8. The number of nitrogens with two attached hydrogens (primary N) is 1. The van der Waals surface area contributed by atoms with Gasteiger partial charge in [0.05, 0.1) is 18.2 Å².